The molecule has 0 aliphatic carbocycles. The first-order valence-electron chi connectivity index (χ1n) is 7.79. The van der Waals surface area contributed by atoms with Gasteiger partial charge in [-0.2, -0.15) is 0 Å². The molecule has 21 heavy (non-hydrogen) atoms. The van der Waals surface area contributed by atoms with Crippen molar-refractivity contribution in [3.8, 4) is 0 Å². The molecule has 5 nitrogen and oxygen atoms in total. The van der Waals surface area contributed by atoms with Crippen molar-refractivity contribution in [2.75, 3.05) is 13.1 Å². The first-order chi connectivity index (χ1) is 10.0. The van der Waals surface area contributed by atoms with Gasteiger partial charge in [-0.25, -0.2) is 0 Å². The van der Waals surface area contributed by atoms with Crippen molar-refractivity contribution in [1.82, 2.24) is 10.2 Å². The number of nitro benzene ring substituents is 1. The van der Waals surface area contributed by atoms with Gasteiger partial charge in [0.05, 0.1) is 4.92 Å². The number of fused-ring (bicyclic) bond motifs is 2. The molecule has 5 heteroatoms. The highest BCUT2D eigenvalue weighted by atomic mass is 16.6. The Hall–Kier alpha value is -1.46. The van der Waals surface area contributed by atoms with E-state index in [2.05, 4.69) is 17.1 Å². The lowest BCUT2D eigenvalue weighted by molar-refractivity contribution is -0.385. The molecular weight excluding hydrogens is 266 g/mol. The highest BCUT2D eigenvalue weighted by Crippen LogP contribution is 2.30. The van der Waals surface area contributed by atoms with Crippen molar-refractivity contribution in [3.05, 3.63) is 39.4 Å². The zero-order chi connectivity index (χ0) is 15.0. The van der Waals surface area contributed by atoms with Gasteiger partial charge in [0.15, 0.2) is 0 Å². The van der Waals surface area contributed by atoms with E-state index in [1.54, 1.807) is 13.0 Å². The normalized spacial score (nSPS) is 27.3. The minimum atomic E-state index is -0.280. The molecule has 0 spiro atoms. The maximum absolute atomic E-state index is 11.1. The smallest absolute Gasteiger partial charge is 0.272 e. The van der Waals surface area contributed by atoms with Gasteiger partial charge < -0.3 is 5.32 Å². The van der Waals surface area contributed by atoms with E-state index in [-0.39, 0.29) is 16.7 Å². The van der Waals surface area contributed by atoms with Crippen molar-refractivity contribution in [3.63, 3.8) is 0 Å². The van der Waals surface area contributed by atoms with E-state index in [0.29, 0.717) is 12.1 Å². The lowest BCUT2D eigenvalue weighted by Gasteiger charge is -2.30. The van der Waals surface area contributed by atoms with Crippen LogP contribution in [0.5, 0.6) is 0 Å². The summed E-state index contributed by atoms with van der Waals surface area (Å²) in [6.07, 6.45) is 3.72. The van der Waals surface area contributed by atoms with Crippen molar-refractivity contribution in [2.45, 2.75) is 51.2 Å². The highest BCUT2D eigenvalue weighted by molar-refractivity contribution is 5.43. The second kappa shape index (κ2) is 5.73. The van der Waals surface area contributed by atoms with E-state index >= 15 is 0 Å². The number of nitrogens with zero attached hydrogens (tertiary/aromatic N) is 2. The topological polar surface area (TPSA) is 58.4 Å². The molecule has 0 aromatic heterocycles. The number of benzene rings is 1. The number of likely N-dealkylation sites (tertiary alicyclic amines) is 1. The van der Waals surface area contributed by atoms with Crippen LogP contribution < -0.4 is 5.32 Å². The Morgan fingerprint density at radius 1 is 1.33 bits per heavy atom. The van der Waals surface area contributed by atoms with Gasteiger partial charge in [0.25, 0.3) is 5.69 Å². The standard InChI is InChI=1S/C16H23N3O2/c1-11-3-4-13(9-16(11)19(20)21)12(2)18-8-7-14-5-6-15(10-18)17-14/h3-4,9,12,14-15,17H,5-8,10H2,1-2H3. The Morgan fingerprint density at radius 2 is 2.10 bits per heavy atom. The Bertz CT molecular complexity index is 546. The SMILES string of the molecule is Cc1ccc(C(C)N2CCC3CCC(C2)N3)cc1[N+](=O)[O-]. The fourth-order valence-corrected chi connectivity index (χ4v) is 3.62. The summed E-state index contributed by atoms with van der Waals surface area (Å²) >= 11 is 0. The summed E-state index contributed by atoms with van der Waals surface area (Å²) < 4.78 is 0. The van der Waals surface area contributed by atoms with Crippen LogP contribution in [-0.4, -0.2) is 35.0 Å². The zero-order valence-electron chi connectivity index (χ0n) is 12.7. The molecule has 2 aliphatic heterocycles. The average Bonchev–Trinajstić information content (AvgIpc) is 2.78. The molecule has 0 saturated carbocycles. The van der Waals surface area contributed by atoms with Crippen LogP contribution in [0.3, 0.4) is 0 Å². The van der Waals surface area contributed by atoms with Gasteiger partial charge in [0, 0.05) is 42.8 Å². The predicted octanol–water partition coefficient (Wildman–Crippen LogP) is 2.79. The third kappa shape index (κ3) is 2.94. The molecule has 2 saturated heterocycles. The number of nitro groups is 1. The molecule has 114 valence electrons. The van der Waals surface area contributed by atoms with Crippen molar-refractivity contribution in [1.29, 1.82) is 0 Å². The molecule has 0 radical (unpaired) electrons. The molecule has 2 heterocycles. The van der Waals surface area contributed by atoms with E-state index in [9.17, 15) is 10.1 Å². The number of aryl methyl sites for hydroxylation is 1. The van der Waals surface area contributed by atoms with Crippen LogP contribution in [0, 0.1) is 17.0 Å². The maximum Gasteiger partial charge on any atom is 0.272 e. The first kappa shape index (κ1) is 14.5. The van der Waals surface area contributed by atoms with Gasteiger partial charge in [0.2, 0.25) is 0 Å². The number of rotatable bonds is 3. The van der Waals surface area contributed by atoms with Gasteiger partial charge in [-0.3, -0.25) is 15.0 Å². The summed E-state index contributed by atoms with van der Waals surface area (Å²) in [5, 5.41) is 14.8. The summed E-state index contributed by atoms with van der Waals surface area (Å²) in [5.74, 6) is 0. The summed E-state index contributed by atoms with van der Waals surface area (Å²) in [6, 6.07) is 7.12. The van der Waals surface area contributed by atoms with Crippen LogP contribution in [-0.2, 0) is 0 Å². The summed E-state index contributed by atoms with van der Waals surface area (Å²) in [5.41, 5.74) is 2.01. The van der Waals surface area contributed by atoms with Crippen LogP contribution >= 0.6 is 0 Å². The summed E-state index contributed by atoms with van der Waals surface area (Å²) in [4.78, 5) is 13.3. The maximum atomic E-state index is 11.1. The lowest BCUT2D eigenvalue weighted by Crippen LogP contribution is -2.36. The summed E-state index contributed by atoms with van der Waals surface area (Å²) in [7, 11) is 0. The monoisotopic (exact) mass is 289 g/mol. The second-order valence-corrected chi connectivity index (χ2v) is 6.40. The van der Waals surface area contributed by atoms with Crippen LogP contribution in [0.2, 0.25) is 0 Å². The fourth-order valence-electron chi connectivity index (χ4n) is 3.62. The van der Waals surface area contributed by atoms with Gasteiger partial charge in [-0.05, 0) is 38.7 Å². The molecule has 2 fully saturated rings. The highest BCUT2D eigenvalue weighted by Gasteiger charge is 2.31. The minimum Gasteiger partial charge on any atom is -0.310 e. The van der Waals surface area contributed by atoms with E-state index in [1.807, 2.05) is 12.1 Å². The van der Waals surface area contributed by atoms with Crippen molar-refractivity contribution >= 4 is 5.69 Å². The molecule has 2 bridgehead atoms. The van der Waals surface area contributed by atoms with Gasteiger partial charge >= 0.3 is 0 Å². The predicted molar refractivity (Wildman–Crippen MR) is 82.4 cm³/mol. The van der Waals surface area contributed by atoms with E-state index in [1.165, 1.54) is 19.3 Å². The molecule has 3 atom stereocenters. The Kier molecular flexibility index (Phi) is 3.95. The summed E-state index contributed by atoms with van der Waals surface area (Å²) in [6.45, 7) is 6.06. The zero-order valence-corrected chi connectivity index (χ0v) is 12.7. The Morgan fingerprint density at radius 3 is 2.86 bits per heavy atom. The van der Waals surface area contributed by atoms with Crippen LogP contribution in [0.25, 0.3) is 0 Å². The number of nitrogens with one attached hydrogen (secondary N) is 1. The number of hydrogen-bond donors (Lipinski definition) is 1. The molecule has 1 N–H and O–H groups in total. The van der Waals surface area contributed by atoms with E-state index in [0.717, 1.165) is 24.2 Å². The van der Waals surface area contributed by atoms with Crippen molar-refractivity contribution in [2.24, 2.45) is 0 Å². The Balaban J connectivity index is 1.79. The third-order valence-electron chi connectivity index (χ3n) is 5.01. The van der Waals surface area contributed by atoms with Crippen LogP contribution in [0.4, 0.5) is 5.69 Å². The van der Waals surface area contributed by atoms with Gasteiger partial charge in [-0.15, -0.1) is 0 Å². The average molecular weight is 289 g/mol. The van der Waals surface area contributed by atoms with Gasteiger partial charge in [0.1, 0.15) is 0 Å². The van der Waals surface area contributed by atoms with E-state index < -0.39 is 0 Å². The first-order valence-corrected chi connectivity index (χ1v) is 7.79. The number of hydrogen-bond acceptors (Lipinski definition) is 4. The minimum absolute atomic E-state index is 0.227. The molecule has 3 unspecified atom stereocenters. The quantitative estimate of drug-likeness (QED) is 0.686. The van der Waals surface area contributed by atoms with Crippen molar-refractivity contribution < 1.29 is 4.92 Å². The molecular formula is C16H23N3O2. The van der Waals surface area contributed by atoms with Crippen LogP contribution in [0.15, 0.2) is 18.2 Å². The largest absolute Gasteiger partial charge is 0.310 e. The lowest BCUT2D eigenvalue weighted by atomic mass is 10.0. The Labute approximate surface area is 125 Å². The fraction of sp³-hybridized carbons (Fsp3) is 0.625. The van der Waals surface area contributed by atoms with Crippen LogP contribution in [0.1, 0.15) is 43.4 Å². The molecule has 0 amide bonds. The molecule has 3 rings (SSSR count). The third-order valence-corrected chi connectivity index (χ3v) is 5.01. The van der Waals surface area contributed by atoms with Gasteiger partial charge in [-0.1, -0.05) is 12.1 Å². The molecule has 1 aromatic carbocycles. The van der Waals surface area contributed by atoms with E-state index in [4.69, 9.17) is 0 Å². The second-order valence-electron chi connectivity index (χ2n) is 6.40. The molecule has 1 aromatic rings. The molecule has 2 aliphatic rings.